The van der Waals surface area contributed by atoms with Gasteiger partial charge in [-0.05, 0) is 49.7 Å². The topological polar surface area (TPSA) is 74.2 Å². The summed E-state index contributed by atoms with van der Waals surface area (Å²) in [6.45, 7) is 6.87. The maximum absolute atomic E-state index is 12.8. The van der Waals surface area contributed by atoms with Gasteiger partial charge in [-0.25, -0.2) is 0 Å². The van der Waals surface area contributed by atoms with Crippen LogP contribution in [-0.4, -0.2) is 62.6 Å². The normalized spacial score (nSPS) is 14.3. The molecule has 1 fully saturated rings. The summed E-state index contributed by atoms with van der Waals surface area (Å²) in [5, 5.41) is 4.48. The van der Waals surface area contributed by atoms with E-state index in [4.69, 9.17) is 0 Å². The average molecular weight is 391 g/mol. The van der Waals surface area contributed by atoms with E-state index in [1.807, 2.05) is 53.8 Å². The van der Waals surface area contributed by atoms with Crippen LogP contribution in [0.2, 0.25) is 0 Å². The van der Waals surface area contributed by atoms with Gasteiger partial charge in [0.15, 0.2) is 0 Å². The van der Waals surface area contributed by atoms with E-state index in [2.05, 4.69) is 16.1 Å². The fraction of sp³-hybridized carbons (Fsp3) is 0.318. The smallest absolute Gasteiger partial charge is 0.270 e. The summed E-state index contributed by atoms with van der Waals surface area (Å²) >= 11 is 0. The van der Waals surface area contributed by atoms with E-state index >= 15 is 0 Å². The molecule has 0 atom stereocenters. The molecule has 0 saturated carbocycles. The SMILES string of the molecule is Cc1cc(C)n(Cc2ccc(C(=O)N3CCN(C(=O)c4ccc[nH]4)CC3)cc2)n1. The molecule has 4 rings (SSSR count). The lowest BCUT2D eigenvalue weighted by atomic mass is 10.1. The maximum Gasteiger partial charge on any atom is 0.270 e. The highest BCUT2D eigenvalue weighted by molar-refractivity contribution is 5.95. The second-order valence-corrected chi connectivity index (χ2v) is 7.45. The molecule has 1 saturated heterocycles. The van der Waals surface area contributed by atoms with Crippen molar-refractivity contribution in [3.63, 3.8) is 0 Å². The standard InChI is InChI=1S/C22H25N5O2/c1-16-14-17(2)27(24-16)15-18-5-7-19(8-6-18)21(28)25-10-12-26(13-11-25)22(29)20-4-3-9-23-20/h3-9,14,23H,10-13,15H2,1-2H3. The van der Waals surface area contributed by atoms with Gasteiger partial charge in [0.2, 0.25) is 0 Å². The van der Waals surface area contributed by atoms with Crippen LogP contribution in [0.5, 0.6) is 0 Å². The van der Waals surface area contributed by atoms with E-state index in [0.717, 1.165) is 17.0 Å². The van der Waals surface area contributed by atoms with Crippen molar-refractivity contribution in [3.05, 3.63) is 76.9 Å². The lowest BCUT2D eigenvalue weighted by Crippen LogP contribution is -2.50. The molecule has 2 amide bonds. The third-order valence-corrected chi connectivity index (χ3v) is 5.32. The molecule has 0 aliphatic carbocycles. The molecular weight excluding hydrogens is 366 g/mol. The van der Waals surface area contributed by atoms with Crippen LogP contribution >= 0.6 is 0 Å². The van der Waals surface area contributed by atoms with Gasteiger partial charge < -0.3 is 14.8 Å². The lowest BCUT2D eigenvalue weighted by molar-refractivity contribution is 0.0532. The molecule has 7 heteroatoms. The summed E-state index contributed by atoms with van der Waals surface area (Å²) in [7, 11) is 0. The summed E-state index contributed by atoms with van der Waals surface area (Å²) in [6, 6.07) is 13.3. The minimum atomic E-state index is -0.0180. The van der Waals surface area contributed by atoms with Crippen LogP contribution in [0.4, 0.5) is 0 Å². The number of piperazine rings is 1. The van der Waals surface area contributed by atoms with Crippen molar-refractivity contribution >= 4 is 11.8 Å². The summed E-state index contributed by atoms with van der Waals surface area (Å²) < 4.78 is 1.96. The fourth-order valence-electron chi connectivity index (χ4n) is 3.69. The molecule has 0 unspecified atom stereocenters. The number of carbonyl (C=O) groups excluding carboxylic acids is 2. The van der Waals surface area contributed by atoms with Crippen LogP contribution in [0.1, 0.15) is 37.8 Å². The van der Waals surface area contributed by atoms with Crippen molar-refractivity contribution in [1.82, 2.24) is 24.6 Å². The first-order chi connectivity index (χ1) is 14.0. The molecule has 1 aromatic carbocycles. The van der Waals surface area contributed by atoms with E-state index in [1.165, 1.54) is 0 Å². The molecule has 0 radical (unpaired) electrons. The van der Waals surface area contributed by atoms with Gasteiger partial charge in [0.25, 0.3) is 11.8 Å². The number of carbonyl (C=O) groups is 2. The first-order valence-corrected chi connectivity index (χ1v) is 9.83. The van der Waals surface area contributed by atoms with E-state index in [9.17, 15) is 9.59 Å². The van der Waals surface area contributed by atoms with Gasteiger partial charge >= 0.3 is 0 Å². The molecule has 1 aliphatic rings. The van der Waals surface area contributed by atoms with Crippen LogP contribution in [0.3, 0.4) is 0 Å². The van der Waals surface area contributed by atoms with E-state index in [-0.39, 0.29) is 11.8 Å². The van der Waals surface area contributed by atoms with Crippen LogP contribution in [-0.2, 0) is 6.54 Å². The van der Waals surface area contributed by atoms with E-state index in [1.54, 1.807) is 17.2 Å². The van der Waals surface area contributed by atoms with Gasteiger partial charge in [-0.15, -0.1) is 0 Å². The van der Waals surface area contributed by atoms with Gasteiger partial charge in [-0.3, -0.25) is 14.3 Å². The molecule has 150 valence electrons. The number of nitrogens with zero attached hydrogens (tertiary/aromatic N) is 4. The van der Waals surface area contributed by atoms with Crippen molar-refractivity contribution in [2.75, 3.05) is 26.2 Å². The van der Waals surface area contributed by atoms with Gasteiger partial charge in [-0.2, -0.15) is 5.10 Å². The summed E-state index contributed by atoms with van der Waals surface area (Å²) in [4.78, 5) is 31.8. The summed E-state index contributed by atoms with van der Waals surface area (Å²) in [6.07, 6.45) is 1.74. The number of aromatic amines is 1. The number of hydrogen-bond donors (Lipinski definition) is 1. The molecule has 0 spiro atoms. The second kappa shape index (κ2) is 7.95. The predicted octanol–water partition coefficient (Wildman–Crippen LogP) is 2.47. The van der Waals surface area contributed by atoms with Crippen LogP contribution in [0.25, 0.3) is 0 Å². The Labute approximate surface area is 169 Å². The largest absolute Gasteiger partial charge is 0.357 e. The number of benzene rings is 1. The second-order valence-electron chi connectivity index (χ2n) is 7.45. The number of hydrogen-bond acceptors (Lipinski definition) is 3. The predicted molar refractivity (Wildman–Crippen MR) is 110 cm³/mol. The molecule has 1 N–H and O–H groups in total. The Kier molecular flexibility index (Phi) is 5.20. The number of aromatic nitrogens is 3. The van der Waals surface area contributed by atoms with Crippen LogP contribution < -0.4 is 0 Å². The molecule has 7 nitrogen and oxygen atoms in total. The zero-order chi connectivity index (χ0) is 20.4. The van der Waals surface area contributed by atoms with Crippen molar-refractivity contribution < 1.29 is 9.59 Å². The quantitative estimate of drug-likeness (QED) is 0.743. The third-order valence-electron chi connectivity index (χ3n) is 5.32. The maximum atomic E-state index is 12.8. The first-order valence-electron chi connectivity index (χ1n) is 9.83. The van der Waals surface area contributed by atoms with Crippen LogP contribution in [0.15, 0.2) is 48.7 Å². The highest BCUT2D eigenvalue weighted by Crippen LogP contribution is 2.13. The van der Waals surface area contributed by atoms with Crippen molar-refractivity contribution in [2.24, 2.45) is 0 Å². The number of nitrogens with one attached hydrogen (secondary N) is 1. The van der Waals surface area contributed by atoms with Crippen molar-refractivity contribution in [1.29, 1.82) is 0 Å². The molecule has 2 aromatic heterocycles. The van der Waals surface area contributed by atoms with Gasteiger partial charge in [-0.1, -0.05) is 12.1 Å². The molecule has 1 aliphatic heterocycles. The highest BCUT2D eigenvalue weighted by Gasteiger charge is 2.25. The number of H-pyrrole nitrogens is 1. The lowest BCUT2D eigenvalue weighted by Gasteiger charge is -2.34. The Balaban J connectivity index is 1.35. The Morgan fingerprint density at radius 2 is 1.62 bits per heavy atom. The monoisotopic (exact) mass is 391 g/mol. The van der Waals surface area contributed by atoms with Gasteiger partial charge in [0, 0.05) is 43.6 Å². The minimum absolute atomic E-state index is 0.00892. The van der Waals surface area contributed by atoms with Gasteiger partial charge in [0.1, 0.15) is 5.69 Å². The van der Waals surface area contributed by atoms with E-state index < -0.39 is 0 Å². The average Bonchev–Trinajstić information content (AvgIpc) is 3.37. The molecule has 29 heavy (non-hydrogen) atoms. The van der Waals surface area contributed by atoms with Crippen molar-refractivity contribution in [2.45, 2.75) is 20.4 Å². The fourth-order valence-corrected chi connectivity index (χ4v) is 3.69. The Hall–Kier alpha value is -3.35. The Morgan fingerprint density at radius 1 is 0.966 bits per heavy atom. The van der Waals surface area contributed by atoms with Crippen LogP contribution in [0, 0.1) is 13.8 Å². The molecule has 3 aromatic rings. The van der Waals surface area contributed by atoms with E-state index in [0.29, 0.717) is 44.0 Å². The zero-order valence-electron chi connectivity index (χ0n) is 16.8. The summed E-state index contributed by atoms with van der Waals surface area (Å²) in [5.41, 5.74) is 4.49. The van der Waals surface area contributed by atoms with Gasteiger partial charge in [0.05, 0.1) is 12.2 Å². The zero-order valence-corrected chi connectivity index (χ0v) is 16.8. The number of amides is 2. The molecule has 0 bridgehead atoms. The van der Waals surface area contributed by atoms with Crippen molar-refractivity contribution in [3.8, 4) is 0 Å². The molecular formula is C22H25N5O2. The summed E-state index contributed by atoms with van der Waals surface area (Å²) in [5.74, 6) is -0.00904. The highest BCUT2D eigenvalue weighted by atomic mass is 16.2. The minimum Gasteiger partial charge on any atom is -0.357 e. The third kappa shape index (κ3) is 4.08. The first kappa shape index (κ1) is 19.0. The Bertz CT molecular complexity index is 997. The number of rotatable bonds is 4. The Morgan fingerprint density at radius 3 is 2.17 bits per heavy atom. The number of aryl methyl sites for hydroxylation is 2. The molecule has 3 heterocycles.